The van der Waals surface area contributed by atoms with Gasteiger partial charge in [0.1, 0.15) is 0 Å². The lowest BCUT2D eigenvalue weighted by Crippen LogP contribution is -2.10. The Kier molecular flexibility index (Phi) is 3.65. The van der Waals surface area contributed by atoms with Gasteiger partial charge in [0.15, 0.2) is 5.78 Å². The van der Waals surface area contributed by atoms with Gasteiger partial charge >= 0.3 is 5.97 Å². The van der Waals surface area contributed by atoms with E-state index in [0.29, 0.717) is 16.0 Å². The summed E-state index contributed by atoms with van der Waals surface area (Å²) in [5.74, 6) is -1.48. The molecule has 0 radical (unpaired) electrons. The number of fused-ring (bicyclic) bond motifs is 1. The molecule has 0 saturated heterocycles. The zero-order chi connectivity index (χ0) is 15.7. The molecular weight excluding hydrogens is 300 g/mol. The highest BCUT2D eigenvalue weighted by Gasteiger charge is 2.21. The molecule has 0 aliphatic heterocycles. The van der Waals surface area contributed by atoms with Gasteiger partial charge < -0.3 is 5.11 Å². The molecule has 0 fully saturated rings. The average molecular weight is 311 g/mol. The minimum absolute atomic E-state index is 0.0105. The van der Waals surface area contributed by atoms with Gasteiger partial charge in [-0.3, -0.25) is 4.79 Å². The van der Waals surface area contributed by atoms with Gasteiger partial charge in [-0.05, 0) is 29.0 Å². The SMILES string of the molecule is O=C(O)c1ccc2ccccc2c1C(=O)c1cccc(Cl)c1. The topological polar surface area (TPSA) is 54.4 Å². The highest BCUT2D eigenvalue weighted by molar-refractivity contribution is 6.31. The largest absolute Gasteiger partial charge is 0.478 e. The molecule has 0 unspecified atom stereocenters. The maximum atomic E-state index is 12.8. The molecule has 3 aromatic carbocycles. The Morgan fingerprint density at radius 3 is 2.41 bits per heavy atom. The second-order valence-electron chi connectivity index (χ2n) is 4.85. The maximum Gasteiger partial charge on any atom is 0.336 e. The predicted molar refractivity (Wildman–Crippen MR) is 85.8 cm³/mol. The van der Waals surface area contributed by atoms with Crippen molar-refractivity contribution in [3.8, 4) is 0 Å². The van der Waals surface area contributed by atoms with Crippen molar-refractivity contribution in [1.29, 1.82) is 0 Å². The summed E-state index contributed by atoms with van der Waals surface area (Å²) in [5.41, 5.74) is 0.544. The molecule has 3 aromatic rings. The van der Waals surface area contributed by atoms with Crippen molar-refractivity contribution in [2.75, 3.05) is 0 Å². The van der Waals surface area contributed by atoms with Gasteiger partial charge in [-0.1, -0.05) is 54.1 Å². The second-order valence-corrected chi connectivity index (χ2v) is 5.29. The van der Waals surface area contributed by atoms with Crippen molar-refractivity contribution in [2.24, 2.45) is 0 Å². The molecule has 3 rings (SSSR count). The van der Waals surface area contributed by atoms with Crippen LogP contribution in [0, 0.1) is 0 Å². The maximum absolute atomic E-state index is 12.8. The van der Waals surface area contributed by atoms with Gasteiger partial charge in [0.2, 0.25) is 0 Å². The number of hydrogen-bond donors (Lipinski definition) is 1. The Morgan fingerprint density at radius 1 is 0.909 bits per heavy atom. The smallest absolute Gasteiger partial charge is 0.336 e. The van der Waals surface area contributed by atoms with Gasteiger partial charge in [0.05, 0.1) is 5.56 Å². The van der Waals surface area contributed by atoms with Crippen LogP contribution in [0.2, 0.25) is 5.02 Å². The third-order valence-electron chi connectivity index (χ3n) is 3.47. The van der Waals surface area contributed by atoms with E-state index < -0.39 is 5.97 Å². The first-order valence-corrected chi connectivity index (χ1v) is 7.01. The molecule has 1 N–H and O–H groups in total. The Hall–Kier alpha value is -2.65. The molecular formula is C18H11ClO3. The van der Waals surface area contributed by atoms with E-state index in [4.69, 9.17) is 11.6 Å². The van der Waals surface area contributed by atoms with Crippen LogP contribution in [0.15, 0.2) is 60.7 Å². The summed E-state index contributed by atoms with van der Waals surface area (Å²) in [6.45, 7) is 0. The lowest BCUT2D eigenvalue weighted by atomic mass is 9.92. The minimum Gasteiger partial charge on any atom is -0.478 e. The third-order valence-corrected chi connectivity index (χ3v) is 3.71. The number of carbonyl (C=O) groups excluding carboxylic acids is 1. The molecule has 22 heavy (non-hydrogen) atoms. The summed E-state index contributed by atoms with van der Waals surface area (Å²) < 4.78 is 0. The van der Waals surface area contributed by atoms with Crippen molar-refractivity contribution >= 4 is 34.1 Å². The van der Waals surface area contributed by atoms with E-state index in [9.17, 15) is 14.7 Å². The van der Waals surface area contributed by atoms with Crippen LogP contribution in [0.1, 0.15) is 26.3 Å². The number of benzene rings is 3. The predicted octanol–water partition coefficient (Wildman–Crippen LogP) is 4.42. The van der Waals surface area contributed by atoms with Gasteiger partial charge in [-0.25, -0.2) is 4.79 Å². The van der Waals surface area contributed by atoms with Crippen molar-refractivity contribution in [3.63, 3.8) is 0 Å². The van der Waals surface area contributed by atoms with Gasteiger partial charge in [0, 0.05) is 16.1 Å². The lowest BCUT2D eigenvalue weighted by Gasteiger charge is -2.10. The highest BCUT2D eigenvalue weighted by Crippen LogP contribution is 2.26. The monoisotopic (exact) mass is 310 g/mol. The number of carboxylic acids is 1. The van der Waals surface area contributed by atoms with Crippen LogP contribution >= 0.6 is 11.6 Å². The zero-order valence-electron chi connectivity index (χ0n) is 11.4. The molecule has 0 aliphatic rings. The zero-order valence-corrected chi connectivity index (χ0v) is 12.2. The molecule has 3 nitrogen and oxygen atoms in total. The molecule has 0 spiro atoms. The number of carbonyl (C=O) groups is 2. The van der Waals surface area contributed by atoms with E-state index in [1.54, 1.807) is 36.4 Å². The van der Waals surface area contributed by atoms with Crippen molar-refractivity contribution in [2.45, 2.75) is 0 Å². The first-order valence-electron chi connectivity index (χ1n) is 6.63. The van der Waals surface area contributed by atoms with E-state index in [0.717, 1.165) is 5.39 Å². The van der Waals surface area contributed by atoms with Gasteiger partial charge in [0.25, 0.3) is 0 Å². The van der Waals surface area contributed by atoms with Crippen LogP contribution in [-0.4, -0.2) is 16.9 Å². The summed E-state index contributed by atoms with van der Waals surface area (Å²) in [7, 11) is 0. The first kappa shape index (κ1) is 14.3. The quantitative estimate of drug-likeness (QED) is 0.728. The molecule has 0 bridgehead atoms. The summed E-state index contributed by atoms with van der Waals surface area (Å²) in [6.07, 6.45) is 0. The highest BCUT2D eigenvalue weighted by atomic mass is 35.5. The molecule has 0 heterocycles. The van der Waals surface area contributed by atoms with E-state index in [1.807, 2.05) is 12.1 Å². The molecule has 0 atom stereocenters. The Labute approximate surface area is 131 Å². The molecule has 0 aliphatic carbocycles. The van der Waals surface area contributed by atoms with Crippen molar-refractivity contribution < 1.29 is 14.7 Å². The van der Waals surface area contributed by atoms with Crippen molar-refractivity contribution in [3.05, 3.63) is 82.4 Å². The number of hydrogen-bond acceptors (Lipinski definition) is 2. The van der Waals surface area contributed by atoms with Gasteiger partial charge in [-0.15, -0.1) is 0 Å². The summed E-state index contributed by atoms with van der Waals surface area (Å²) in [5, 5.41) is 11.3. The van der Waals surface area contributed by atoms with Crippen molar-refractivity contribution in [1.82, 2.24) is 0 Å². The van der Waals surface area contributed by atoms with Crippen LogP contribution in [0.4, 0.5) is 0 Å². The second kappa shape index (κ2) is 5.62. The molecule has 0 saturated carbocycles. The number of ketones is 1. The number of rotatable bonds is 3. The first-order chi connectivity index (χ1) is 10.6. The van der Waals surface area contributed by atoms with E-state index >= 15 is 0 Å². The minimum atomic E-state index is -1.13. The standard InChI is InChI=1S/C18H11ClO3/c19-13-6-3-5-12(10-13)17(20)16-14-7-2-1-4-11(14)8-9-15(16)18(21)22/h1-10H,(H,21,22). The van der Waals surface area contributed by atoms with Gasteiger partial charge in [-0.2, -0.15) is 0 Å². The van der Waals surface area contributed by atoms with Crippen LogP contribution in [-0.2, 0) is 0 Å². The van der Waals surface area contributed by atoms with Crippen LogP contribution in [0.5, 0.6) is 0 Å². The average Bonchev–Trinajstić information content (AvgIpc) is 2.53. The normalized spacial score (nSPS) is 10.6. The Balaban J connectivity index is 2.30. The third kappa shape index (κ3) is 2.47. The molecule has 0 amide bonds. The lowest BCUT2D eigenvalue weighted by molar-refractivity contribution is 0.0693. The fraction of sp³-hybridized carbons (Fsp3) is 0. The van der Waals surface area contributed by atoms with Crippen LogP contribution in [0.3, 0.4) is 0 Å². The van der Waals surface area contributed by atoms with E-state index in [-0.39, 0.29) is 16.9 Å². The fourth-order valence-electron chi connectivity index (χ4n) is 2.47. The van der Waals surface area contributed by atoms with Crippen LogP contribution < -0.4 is 0 Å². The van der Waals surface area contributed by atoms with E-state index in [2.05, 4.69) is 0 Å². The summed E-state index contributed by atoms with van der Waals surface area (Å²) >= 11 is 5.93. The Bertz CT molecular complexity index is 900. The molecule has 108 valence electrons. The van der Waals surface area contributed by atoms with E-state index in [1.165, 1.54) is 12.1 Å². The summed E-state index contributed by atoms with van der Waals surface area (Å²) in [6, 6.07) is 16.9. The summed E-state index contributed by atoms with van der Waals surface area (Å²) in [4.78, 5) is 24.3. The molecule has 4 heteroatoms. The Morgan fingerprint density at radius 2 is 1.68 bits per heavy atom. The van der Waals surface area contributed by atoms with Crippen LogP contribution in [0.25, 0.3) is 10.8 Å². The number of aromatic carboxylic acids is 1. The number of halogens is 1. The molecule has 0 aromatic heterocycles. The number of carboxylic acid groups (broad SMARTS) is 1. The fourth-order valence-corrected chi connectivity index (χ4v) is 2.66.